The van der Waals surface area contributed by atoms with E-state index >= 15 is 0 Å². The zero-order valence-corrected chi connectivity index (χ0v) is 15.6. The van der Waals surface area contributed by atoms with Gasteiger partial charge in [0.1, 0.15) is 5.75 Å². The maximum absolute atomic E-state index is 12.5. The van der Waals surface area contributed by atoms with Gasteiger partial charge in [-0.2, -0.15) is 0 Å². The molecular weight excluding hydrogens is 340 g/mol. The quantitative estimate of drug-likeness (QED) is 0.682. The minimum Gasteiger partial charge on any atom is -0.497 e. The first kappa shape index (κ1) is 18.4. The predicted octanol–water partition coefficient (Wildman–Crippen LogP) is 4.35. The molecule has 1 amide bonds. The summed E-state index contributed by atoms with van der Waals surface area (Å²) < 4.78 is 5.13. The molecule has 0 aliphatic rings. The van der Waals surface area contributed by atoms with Crippen molar-refractivity contribution in [3.63, 3.8) is 0 Å². The Morgan fingerprint density at radius 3 is 2.41 bits per heavy atom. The topological polar surface area (TPSA) is 76.1 Å². The number of amides is 1. The van der Waals surface area contributed by atoms with Crippen molar-refractivity contribution >= 4 is 23.2 Å². The van der Waals surface area contributed by atoms with Crippen LogP contribution in [0.3, 0.4) is 0 Å². The zero-order valence-electron chi connectivity index (χ0n) is 15.6. The maximum atomic E-state index is 12.5. The van der Waals surface area contributed by atoms with Gasteiger partial charge in [-0.1, -0.05) is 25.1 Å². The summed E-state index contributed by atoms with van der Waals surface area (Å²) in [6, 6.07) is 13.4. The summed E-state index contributed by atoms with van der Waals surface area (Å²) in [6.45, 7) is 4.04. The number of carbonyl (C=O) groups excluding carboxylic acids is 1. The number of rotatable bonds is 6. The molecule has 138 valence electrons. The molecule has 1 heterocycles. The Morgan fingerprint density at radius 1 is 1.07 bits per heavy atom. The number of nitrogens with one attached hydrogen (secondary N) is 2. The highest BCUT2D eigenvalue weighted by Crippen LogP contribution is 2.22. The van der Waals surface area contributed by atoms with Gasteiger partial charge in [0.25, 0.3) is 5.91 Å². The van der Waals surface area contributed by atoms with E-state index in [-0.39, 0.29) is 5.91 Å². The van der Waals surface area contributed by atoms with Crippen LogP contribution in [0.25, 0.3) is 0 Å². The SMILES string of the molecule is CCc1cccc(C)c1NC(=O)c1cnc(Nc2ccc(OC)cc2)nc1. The molecule has 27 heavy (non-hydrogen) atoms. The highest BCUT2D eigenvalue weighted by atomic mass is 16.5. The second-order valence-electron chi connectivity index (χ2n) is 6.07. The lowest BCUT2D eigenvalue weighted by molar-refractivity contribution is 0.102. The first-order valence-corrected chi connectivity index (χ1v) is 8.73. The van der Waals surface area contributed by atoms with Gasteiger partial charge in [-0.25, -0.2) is 9.97 Å². The van der Waals surface area contributed by atoms with Crippen LogP contribution in [-0.2, 0) is 6.42 Å². The number of nitrogens with zero attached hydrogens (tertiary/aromatic N) is 2. The molecule has 0 fully saturated rings. The molecule has 0 aliphatic heterocycles. The van der Waals surface area contributed by atoms with Gasteiger partial charge in [-0.15, -0.1) is 0 Å². The third-order valence-corrected chi connectivity index (χ3v) is 4.24. The maximum Gasteiger partial charge on any atom is 0.258 e. The number of anilines is 3. The van der Waals surface area contributed by atoms with Gasteiger partial charge in [-0.3, -0.25) is 4.79 Å². The van der Waals surface area contributed by atoms with E-state index in [4.69, 9.17) is 4.74 Å². The summed E-state index contributed by atoms with van der Waals surface area (Å²) in [5, 5.41) is 6.06. The summed E-state index contributed by atoms with van der Waals surface area (Å²) in [6.07, 6.45) is 3.87. The third-order valence-electron chi connectivity index (χ3n) is 4.24. The second-order valence-corrected chi connectivity index (χ2v) is 6.07. The molecule has 0 atom stereocenters. The number of aromatic nitrogens is 2. The average molecular weight is 362 g/mol. The van der Waals surface area contributed by atoms with Crippen LogP contribution >= 0.6 is 0 Å². The van der Waals surface area contributed by atoms with Crippen LogP contribution in [0.4, 0.5) is 17.3 Å². The molecule has 2 N–H and O–H groups in total. The fraction of sp³-hybridized carbons (Fsp3) is 0.190. The molecule has 0 saturated heterocycles. The minimum atomic E-state index is -0.227. The largest absolute Gasteiger partial charge is 0.497 e. The third kappa shape index (κ3) is 4.41. The first-order chi connectivity index (χ1) is 13.1. The van der Waals surface area contributed by atoms with Crippen molar-refractivity contribution in [3.8, 4) is 5.75 Å². The van der Waals surface area contributed by atoms with Crippen LogP contribution in [0, 0.1) is 6.92 Å². The van der Waals surface area contributed by atoms with Crippen molar-refractivity contribution in [2.24, 2.45) is 0 Å². The molecule has 0 unspecified atom stereocenters. The summed E-state index contributed by atoms with van der Waals surface area (Å²) >= 11 is 0. The Kier molecular flexibility index (Phi) is 5.66. The van der Waals surface area contributed by atoms with Crippen LogP contribution < -0.4 is 15.4 Å². The van der Waals surface area contributed by atoms with E-state index < -0.39 is 0 Å². The molecule has 0 saturated carbocycles. The van der Waals surface area contributed by atoms with Crippen LogP contribution in [0.2, 0.25) is 0 Å². The Hall–Kier alpha value is -3.41. The van der Waals surface area contributed by atoms with Gasteiger partial charge in [0.05, 0.1) is 12.7 Å². The summed E-state index contributed by atoms with van der Waals surface area (Å²) in [5.41, 5.74) is 4.22. The highest BCUT2D eigenvalue weighted by molar-refractivity contribution is 6.04. The molecular formula is C21H22N4O2. The van der Waals surface area contributed by atoms with Gasteiger partial charge in [0, 0.05) is 23.8 Å². The monoisotopic (exact) mass is 362 g/mol. The molecule has 3 rings (SSSR count). The average Bonchev–Trinajstić information content (AvgIpc) is 2.70. The summed E-state index contributed by atoms with van der Waals surface area (Å²) in [7, 11) is 1.62. The van der Waals surface area contributed by atoms with E-state index in [1.165, 1.54) is 12.4 Å². The second kappa shape index (κ2) is 8.31. The van der Waals surface area contributed by atoms with E-state index in [1.54, 1.807) is 7.11 Å². The lowest BCUT2D eigenvalue weighted by Gasteiger charge is -2.13. The van der Waals surface area contributed by atoms with Crippen molar-refractivity contribution in [2.45, 2.75) is 20.3 Å². The standard InChI is InChI=1S/C21H22N4O2/c1-4-15-7-5-6-14(2)19(15)25-20(26)16-12-22-21(23-13-16)24-17-8-10-18(27-3)11-9-17/h5-13H,4H2,1-3H3,(H,25,26)(H,22,23,24). The number of hydrogen-bond donors (Lipinski definition) is 2. The Labute approximate surface area is 158 Å². The number of aryl methyl sites for hydroxylation is 2. The Bertz CT molecular complexity index is 922. The summed E-state index contributed by atoms with van der Waals surface area (Å²) in [5.74, 6) is 0.966. The van der Waals surface area contributed by atoms with E-state index in [2.05, 4.69) is 27.5 Å². The highest BCUT2D eigenvalue weighted by Gasteiger charge is 2.12. The lowest BCUT2D eigenvalue weighted by Crippen LogP contribution is -2.15. The van der Waals surface area contributed by atoms with E-state index in [0.29, 0.717) is 11.5 Å². The molecule has 0 spiro atoms. The number of methoxy groups -OCH3 is 1. The van der Waals surface area contributed by atoms with Crippen LogP contribution in [-0.4, -0.2) is 23.0 Å². The van der Waals surface area contributed by atoms with Crippen molar-refractivity contribution < 1.29 is 9.53 Å². The van der Waals surface area contributed by atoms with Crippen LogP contribution in [0.5, 0.6) is 5.75 Å². The van der Waals surface area contributed by atoms with Crippen molar-refractivity contribution in [1.29, 1.82) is 0 Å². The van der Waals surface area contributed by atoms with Gasteiger partial charge in [0.2, 0.25) is 5.95 Å². The molecule has 6 nitrogen and oxygen atoms in total. The van der Waals surface area contributed by atoms with Crippen LogP contribution in [0.1, 0.15) is 28.4 Å². The molecule has 0 radical (unpaired) electrons. The van der Waals surface area contributed by atoms with E-state index in [9.17, 15) is 4.79 Å². The molecule has 2 aromatic carbocycles. The fourth-order valence-electron chi connectivity index (χ4n) is 2.70. The smallest absolute Gasteiger partial charge is 0.258 e. The lowest BCUT2D eigenvalue weighted by atomic mass is 10.1. The molecule has 0 aliphatic carbocycles. The molecule has 0 bridgehead atoms. The van der Waals surface area contributed by atoms with Crippen molar-refractivity contribution in [1.82, 2.24) is 9.97 Å². The summed E-state index contributed by atoms with van der Waals surface area (Å²) in [4.78, 5) is 21.0. The first-order valence-electron chi connectivity index (χ1n) is 8.73. The number of benzene rings is 2. The van der Waals surface area contributed by atoms with Crippen molar-refractivity contribution in [2.75, 3.05) is 17.7 Å². The zero-order chi connectivity index (χ0) is 19.2. The minimum absolute atomic E-state index is 0.227. The number of hydrogen-bond acceptors (Lipinski definition) is 5. The normalized spacial score (nSPS) is 10.3. The number of para-hydroxylation sites is 1. The van der Waals surface area contributed by atoms with Crippen molar-refractivity contribution in [3.05, 3.63) is 71.5 Å². The van der Waals surface area contributed by atoms with E-state index in [1.807, 2.05) is 49.4 Å². The van der Waals surface area contributed by atoms with Crippen LogP contribution in [0.15, 0.2) is 54.9 Å². The number of carbonyl (C=O) groups is 1. The molecule has 3 aromatic rings. The van der Waals surface area contributed by atoms with Gasteiger partial charge in [0.15, 0.2) is 0 Å². The number of ether oxygens (including phenoxy) is 1. The Balaban J connectivity index is 1.70. The van der Waals surface area contributed by atoms with Gasteiger partial charge < -0.3 is 15.4 Å². The molecule has 6 heteroatoms. The van der Waals surface area contributed by atoms with Gasteiger partial charge in [-0.05, 0) is 48.7 Å². The predicted molar refractivity (Wildman–Crippen MR) is 107 cm³/mol. The molecule has 1 aromatic heterocycles. The van der Waals surface area contributed by atoms with E-state index in [0.717, 1.165) is 34.7 Å². The Morgan fingerprint density at radius 2 is 1.78 bits per heavy atom. The fourth-order valence-corrected chi connectivity index (χ4v) is 2.70. The van der Waals surface area contributed by atoms with Gasteiger partial charge >= 0.3 is 0 Å².